The number of nitrogens with zero attached hydrogens (tertiary/aromatic N) is 3. The first-order valence-electron chi connectivity index (χ1n) is 6.14. The number of carboxylic acids is 1. The molecule has 5 nitrogen and oxygen atoms in total. The van der Waals surface area contributed by atoms with Crippen LogP contribution in [0.1, 0.15) is 17.4 Å². The van der Waals surface area contributed by atoms with Gasteiger partial charge in [-0.25, -0.2) is 13.9 Å². The van der Waals surface area contributed by atoms with Gasteiger partial charge < -0.3 is 5.11 Å². The van der Waals surface area contributed by atoms with E-state index in [9.17, 15) is 14.3 Å². The number of carbonyl (C=O) groups is 1. The molecule has 2 rings (SSSR count). The van der Waals surface area contributed by atoms with Crippen molar-refractivity contribution in [2.45, 2.75) is 13.5 Å². The SMILES string of the molecule is CCSCCn1nnc(C(=O)O)c1-c1ccc(F)cc1. The van der Waals surface area contributed by atoms with Crippen LogP contribution in [0.2, 0.25) is 0 Å². The number of halogens is 1. The molecular formula is C13H14FN3O2S. The van der Waals surface area contributed by atoms with Crippen molar-refractivity contribution in [2.75, 3.05) is 11.5 Å². The normalized spacial score (nSPS) is 10.7. The van der Waals surface area contributed by atoms with E-state index in [1.807, 2.05) is 0 Å². The maximum atomic E-state index is 13.0. The molecular weight excluding hydrogens is 281 g/mol. The summed E-state index contributed by atoms with van der Waals surface area (Å²) >= 11 is 1.73. The van der Waals surface area contributed by atoms with E-state index in [-0.39, 0.29) is 11.5 Å². The molecule has 1 N–H and O–H groups in total. The third kappa shape index (κ3) is 3.16. The first-order chi connectivity index (χ1) is 9.63. The molecule has 106 valence electrons. The van der Waals surface area contributed by atoms with E-state index in [1.54, 1.807) is 16.4 Å². The van der Waals surface area contributed by atoms with Crippen LogP contribution in [0.3, 0.4) is 0 Å². The highest BCUT2D eigenvalue weighted by Gasteiger charge is 2.20. The zero-order chi connectivity index (χ0) is 14.5. The number of hydrogen-bond donors (Lipinski definition) is 1. The Hall–Kier alpha value is -1.89. The van der Waals surface area contributed by atoms with E-state index in [1.165, 1.54) is 24.3 Å². The van der Waals surface area contributed by atoms with Gasteiger partial charge in [0.2, 0.25) is 0 Å². The fourth-order valence-electron chi connectivity index (χ4n) is 1.80. The van der Waals surface area contributed by atoms with Gasteiger partial charge in [-0.15, -0.1) is 5.10 Å². The Morgan fingerprint density at radius 1 is 1.40 bits per heavy atom. The molecule has 0 unspecified atom stereocenters. The smallest absolute Gasteiger partial charge is 0.358 e. The number of benzene rings is 1. The lowest BCUT2D eigenvalue weighted by Gasteiger charge is -2.07. The van der Waals surface area contributed by atoms with E-state index in [0.29, 0.717) is 17.8 Å². The number of hydrogen-bond acceptors (Lipinski definition) is 4. The van der Waals surface area contributed by atoms with Crippen molar-refractivity contribution in [3.63, 3.8) is 0 Å². The monoisotopic (exact) mass is 295 g/mol. The summed E-state index contributed by atoms with van der Waals surface area (Å²) in [4.78, 5) is 11.2. The van der Waals surface area contributed by atoms with Gasteiger partial charge in [0.05, 0.1) is 6.54 Å². The Bertz CT molecular complexity index is 598. The van der Waals surface area contributed by atoms with Crippen LogP contribution in [0.4, 0.5) is 4.39 Å². The molecule has 2 aromatic rings. The van der Waals surface area contributed by atoms with Crippen LogP contribution in [0.5, 0.6) is 0 Å². The molecule has 1 aromatic heterocycles. The second kappa shape index (κ2) is 6.51. The van der Waals surface area contributed by atoms with Gasteiger partial charge in [-0.2, -0.15) is 11.8 Å². The average molecular weight is 295 g/mol. The fourth-order valence-corrected chi connectivity index (χ4v) is 2.39. The van der Waals surface area contributed by atoms with Crippen LogP contribution in [0, 0.1) is 5.82 Å². The highest BCUT2D eigenvalue weighted by Crippen LogP contribution is 2.23. The number of thioether (sulfide) groups is 1. The minimum absolute atomic E-state index is 0.113. The second-order valence-electron chi connectivity index (χ2n) is 4.02. The van der Waals surface area contributed by atoms with Crippen molar-refractivity contribution in [1.29, 1.82) is 0 Å². The molecule has 20 heavy (non-hydrogen) atoms. The number of carboxylic acid groups (broad SMARTS) is 1. The van der Waals surface area contributed by atoms with Crippen molar-refractivity contribution >= 4 is 17.7 Å². The summed E-state index contributed by atoms with van der Waals surface area (Å²) in [5.41, 5.74) is 0.891. The summed E-state index contributed by atoms with van der Waals surface area (Å²) in [6.45, 7) is 2.61. The minimum atomic E-state index is -1.14. The van der Waals surface area contributed by atoms with Crippen LogP contribution in [0.15, 0.2) is 24.3 Å². The molecule has 0 saturated heterocycles. The predicted molar refractivity (Wildman–Crippen MR) is 75.4 cm³/mol. The molecule has 0 bridgehead atoms. The van der Waals surface area contributed by atoms with E-state index in [4.69, 9.17) is 0 Å². The maximum Gasteiger partial charge on any atom is 0.358 e. The minimum Gasteiger partial charge on any atom is -0.476 e. The van der Waals surface area contributed by atoms with Crippen molar-refractivity contribution in [2.24, 2.45) is 0 Å². The lowest BCUT2D eigenvalue weighted by atomic mass is 10.1. The Labute approximate surface area is 119 Å². The molecule has 1 heterocycles. The molecule has 1 aromatic carbocycles. The summed E-state index contributed by atoms with van der Waals surface area (Å²) < 4.78 is 14.5. The standard InChI is InChI=1S/C13H14FN3O2S/c1-2-20-8-7-17-12(11(13(18)19)15-16-17)9-3-5-10(14)6-4-9/h3-6H,2,7-8H2,1H3,(H,18,19). The first-order valence-corrected chi connectivity index (χ1v) is 7.29. The van der Waals surface area contributed by atoms with Crippen LogP contribution < -0.4 is 0 Å². The van der Waals surface area contributed by atoms with Gasteiger partial charge in [-0.1, -0.05) is 12.1 Å². The number of aryl methyl sites for hydroxylation is 1. The van der Waals surface area contributed by atoms with Gasteiger partial charge >= 0.3 is 5.97 Å². The van der Waals surface area contributed by atoms with Crippen molar-refractivity contribution in [3.8, 4) is 11.3 Å². The first kappa shape index (κ1) is 14.5. The van der Waals surface area contributed by atoms with Crippen LogP contribution in [-0.2, 0) is 6.54 Å². The van der Waals surface area contributed by atoms with E-state index < -0.39 is 5.97 Å². The zero-order valence-corrected chi connectivity index (χ0v) is 11.7. The topological polar surface area (TPSA) is 68.0 Å². The van der Waals surface area contributed by atoms with Gasteiger partial charge in [-0.3, -0.25) is 0 Å². The summed E-state index contributed by atoms with van der Waals surface area (Å²) in [5, 5.41) is 16.8. The third-order valence-corrected chi connectivity index (χ3v) is 3.59. The predicted octanol–water partition coefficient (Wildman–Crippen LogP) is 2.54. The molecule has 0 aliphatic carbocycles. The third-order valence-electron chi connectivity index (χ3n) is 2.71. The molecule has 0 aliphatic rings. The number of rotatable bonds is 6. The molecule has 7 heteroatoms. The van der Waals surface area contributed by atoms with Gasteiger partial charge in [0, 0.05) is 11.3 Å². The maximum absolute atomic E-state index is 13.0. The lowest BCUT2D eigenvalue weighted by molar-refractivity contribution is 0.0691. The number of aromatic nitrogens is 3. The van der Waals surface area contributed by atoms with Gasteiger partial charge in [0.25, 0.3) is 0 Å². The van der Waals surface area contributed by atoms with Crippen LogP contribution >= 0.6 is 11.8 Å². The second-order valence-corrected chi connectivity index (χ2v) is 5.41. The summed E-state index contributed by atoms with van der Waals surface area (Å²) in [6, 6.07) is 5.64. The van der Waals surface area contributed by atoms with E-state index >= 15 is 0 Å². The van der Waals surface area contributed by atoms with Gasteiger partial charge in [-0.05, 0) is 30.0 Å². The van der Waals surface area contributed by atoms with Crippen molar-refractivity contribution in [1.82, 2.24) is 15.0 Å². The van der Waals surface area contributed by atoms with E-state index in [0.717, 1.165) is 11.5 Å². The average Bonchev–Trinajstić information content (AvgIpc) is 2.84. The Balaban J connectivity index is 2.38. The quantitative estimate of drug-likeness (QED) is 0.829. The lowest BCUT2D eigenvalue weighted by Crippen LogP contribution is -2.07. The largest absolute Gasteiger partial charge is 0.476 e. The Morgan fingerprint density at radius 2 is 2.10 bits per heavy atom. The molecule has 0 saturated carbocycles. The molecule has 0 spiro atoms. The summed E-state index contributed by atoms with van der Waals surface area (Å²) in [5.74, 6) is 0.282. The molecule has 0 radical (unpaired) electrons. The highest BCUT2D eigenvalue weighted by molar-refractivity contribution is 7.99. The molecule has 0 fully saturated rings. The summed E-state index contributed by atoms with van der Waals surface area (Å²) in [7, 11) is 0. The van der Waals surface area contributed by atoms with Gasteiger partial charge in [0.15, 0.2) is 5.69 Å². The fraction of sp³-hybridized carbons (Fsp3) is 0.308. The molecule has 0 atom stereocenters. The van der Waals surface area contributed by atoms with E-state index in [2.05, 4.69) is 17.2 Å². The van der Waals surface area contributed by atoms with Crippen LogP contribution in [-0.4, -0.2) is 37.6 Å². The Morgan fingerprint density at radius 3 is 2.70 bits per heavy atom. The zero-order valence-electron chi connectivity index (χ0n) is 10.9. The molecule has 0 amide bonds. The van der Waals surface area contributed by atoms with Gasteiger partial charge in [0.1, 0.15) is 11.5 Å². The van der Waals surface area contributed by atoms with Crippen LogP contribution in [0.25, 0.3) is 11.3 Å². The molecule has 0 aliphatic heterocycles. The highest BCUT2D eigenvalue weighted by atomic mass is 32.2. The van der Waals surface area contributed by atoms with Crippen molar-refractivity contribution < 1.29 is 14.3 Å². The number of aromatic carboxylic acids is 1. The summed E-state index contributed by atoms with van der Waals surface area (Å²) in [6.07, 6.45) is 0. The van der Waals surface area contributed by atoms with Crippen molar-refractivity contribution in [3.05, 3.63) is 35.8 Å². The Kier molecular flexibility index (Phi) is 4.73.